The zero-order valence-electron chi connectivity index (χ0n) is 19.6. The Morgan fingerprint density at radius 2 is 1.31 bits per heavy atom. The molecule has 4 nitrogen and oxygen atoms in total. The van der Waals surface area contributed by atoms with Crippen LogP contribution in [0.15, 0.2) is 97.1 Å². The van der Waals surface area contributed by atoms with Crippen molar-refractivity contribution in [2.75, 3.05) is 5.32 Å². The van der Waals surface area contributed by atoms with Crippen molar-refractivity contribution in [1.29, 1.82) is 0 Å². The molecule has 0 aliphatic rings. The van der Waals surface area contributed by atoms with E-state index >= 15 is 0 Å². The number of hydrogen-bond donors (Lipinski definition) is 1. The maximum atomic E-state index is 13.7. The standard InChI is InChI=1S/C29H28F2N2O2/c1-2-29(30,31)19-22-13-15-25(16-14-22)32-26-17-18-27(34-20-23-9-5-3-6-10-23)33-28(26)35-21-24-11-7-4-8-12-24/h3-18,32H,2,19-21H2,1H3. The molecule has 0 bridgehead atoms. The summed E-state index contributed by atoms with van der Waals surface area (Å²) in [5, 5.41) is 3.28. The molecular formula is C29H28F2N2O2. The molecule has 3 aromatic carbocycles. The van der Waals surface area contributed by atoms with E-state index in [1.54, 1.807) is 30.3 Å². The lowest BCUT2D eigenvalue weighted by Gasteiger charge is -2.16. The summed E-state index contributed by atoms with van der Waals surface area (Å²) in [6, 6.07) is 30.3. The quantitative estimate of drug-likeness (QED) is 0.243. The van der Waals surface area contributed by atoms with Gasteiger partial charge in [-0.1, -0.05) is 79.7 Å². The highest BCUT2D eigenvalue weighted by molar-refractivity contribution is 5.65. The van der Waals surface area contributed by atoms with E-state index in [1.165, 1.54) is 6.92 Å². The van der Waals surface area contributed by atoms with E-state index in [2.05, 4.69) is 10.3 Å². The maximum absolute atomic E-state index is 13.7. The van der Waals surface area contributed by atoms with E-state index in [4.69, 9.17) is 9.47 Å². The fourth-order valence-electron chi connectivity index (χ4n) is 3.45. The molecule has 0 atom stereocenters. The van der Waals surface area contributed by atoms with Gasteiger partial charge in [0.25, 0.3) is 5.92 Å². The molecule has 1 N–H and O–H groups in total. The van der Waals surface area contributed by atoms with Gasteiger partial charge in [-0.25, -0.2) is 8.78 Å². The third-order valence-electron chi connectivity index (χ3n) is 5.50. The van der Waals surface area contributed by atoms with Crippen molar-refractivity contribution in [3.8, 4) is 11.8 Å². The first-order valence-corrected chi connectivity index (χ1v) is 11.6. The molecule has 180 valence electrons. The van der Waals surface area contributed by atoms with Crippen LogP contribution in [-0.4, -0.2) is 10.9 Å². The second-order valence-corrected chi connectivity index (χ2v) is 8.26. The fourth-order valence-corrected chi connectivity index (χ4v) is 3.45. The number of pyridine rings is 1. The van der Waals surface area contributed by atoms with Gasteiger partial charge in [0, 0.05) is 24.6 Å². The summed E-state index contributed by atoms with van der Waals surface area (Å²) in [6.07, 6.45) is -0.455. The van der Waals surface area contributed by atoms with Gasteiger partial charge in [0.15, 0.2) is 0 Å². The Morgan fingerprint density at radius 3 is 1.91 bits per heavy atom. The number of hydrogen-bond acceptors (Lipinski definition) is 4. The Kier molecular flexibility index (Phi) is 7.93. The van der Waals surface area contributed by atoms with Gasteiger partial charge >= 0.3 is 0 Å². The van der Waals surface area contributed by atoms with E-state index in [-0.39, 0.29) is 12.8 Å². The van der Waals surface area contributed by atoms with Crippen molar-refractivity contribution >= 4 is 11.4 Å². The molecule has 0 saturated heterocycles. The Balaban J connectivity index is 1.50. The maximum Gasteiger partial charge on any atom is 0.251 e. The lowest BCUT2D eigenvalue weighted by Crippen LogP contribution is -2.17. The third kappa shape index (κ3) is 7.27. The molecule has 4 rings (SSSR count). The Hall–Kier alpha value is -3.93. The van der Waals surface area contributed by atoms with Crippen molar-refractivity contribution in [1.82, 2.24) is 4.98 Å². The topological polar surface area (TPSA) is 43.4 Å². The van der Waals surface area contributed by atoms with Gasteiger partial charge in [0.05, 0.1) is 0 Å². The summed E-state index contributed by atoms with van der Waals surface area (Å²) in [5.74, 6) is -1.87. The predicted molar refractivity (Wildman–Crippen MR) is 134 cm³/mol. The number of ether oxygens (including phenoxy) is 2. The second-order valence-electron chi connectivity index (χ2n) is 8.26. The first kappa shape index (κ1) is 24.2. The van der Waals surface area contributed by atoms with Crippen LogP contribution in [-0.2, 0) is 19.6 Å². The fraction of sp³-hybridized carbons (Fsp3) is 0.207. The molecule has 1 heterocycles. The van der Waals surface area contributed by atoms with Crippen LogP contribution >= 0.6 is 0 Å². The minimum Gasteiger partial charge on any atom is -0.473 e. The van der Waals surface area contributed by atoms with Crippen LogP contribution in [0.3, 0.4) is 0 Å². The molecule has 0 unspecified atom stereocenters. The number of rotatable bonds is 11. The van der Waals surface area contributed by atoms with Crippen LogP contribution in [0.5, 0.6) is 11.8 Å². The Bertz CT molecular complexity index is 1200. The minimum absolute atomic E-state index is 0.181. The molecule has 0 fully saturated rings. The largest absolute Gasteiger partial charge is 0.473 e. The number of alkyl halides is 2. The molecule has 1 aromatic heterocycles. The summed E-state index contributed by atoms with van der Waals surface area (Å²) in [4.78, 5) is 4.57. The predicted octanol–water partition coefficient (Wildman–Crippen LogP) is 7.57. The zero-order chi connectivity index (χ0) is 24.5. The zero-order valence-corrected chi connectivity index (χ0v) is 19.6. The smallest absolute Gasteiger partial charge is 0.251 e. The van der Waals surface area contributed by atoms with Gasteiger partial charge in [-0.15, -0.1) is 0 Å². The van der Waals surface area contributed by atoms with Gasteiger partial charge < -0.3 is 14.8 Å². The van der Waals surface area contributed by atoms with E-state index < -0.39 is 5.92 Å². The molecule has 6 heteroatoms. The molecule has 0 aliphatic heterocycles. The van der Waals surface area contributed by atoms with Crippen LogP contribution in [0.25, 0.3) is 0 Å². The highest BCUT2D eigenvalue weighted by Gasteiger charge is 2.26. The van der Waals surface area contributed by atoms with E-state index in [0.717, 1.165) is 16.8 Å². The van der Waals surface area contributed by atoms with Crippen molar-refractivity contribution < 1.29 is 18.3 Å². The Morgan fingerprint density at radius 1 is 0.714 bits per heavy atom. The molecule has 0 spiro atoms. The SMILES string of the molecule is CCC(F)(F)Cc1ccc(Nc2ccc(OCc3ccccc3)nc2OCc2ccccc2)cc1. The van der Waals surface area contributed by atoms with Gasteiger partial charge in [0.2, 0.25) is 11.8 Å². The summed E-state index contributed by atoms with van der Waals surface area (Å²) in [7, 11) is 0. The van der Waals surface area contributed by atoms with E-state index in [9.17, 15) is 8.78 Å². The molecule has 0 radical (unpaired) electrons. The second kappa shape index (κ2) is 11.5. The van der Waals surface area contributed by atoms with Gasteiger partial charge in [-0.3, -0.25) is 0 Å². The lowest BCUT2D eigenvalue weighted by molar-refractivity contribution is -0.00219. The van der Waals surface area contributed by atoms with Gasteiger partial charge in [-0.2, -0.15) is 4.98 Å². The summed E-state index contributed by atoms with van der Waals surface area (Å²) in [6.45, 7) is 2.23. The molecule has 4 aromatic rings. The van der Waals surface area contributed by atoms with Crippen LogP contribution in [0, 0.1) is 0 Å². The highest BCUT2D eigenvalue weighted by atomic mass is 19.3. The van der Waals surface area contributed by atoms with Crippen molar-refractivity contribution in [3.05, 3.63) is 114 Å². The Labute approximate surface area is 204 Å². The monoisotopic (exact) mass is 474 g/mol. The normalized spacial score (nSPS) is 11.2. The number of halogens is 2. The average Bonchev–Trinajstić information content (AvgIpc) is 2.89. The van der Waals surface area contributed by atoms with Crippen molar-refractivity contribution in [3.63, 3.8) is 0 Å². The van der Waals surface area contributed by atoms with Crippen molar-refractivity contribution in [2.45, 2.75) is 38.9 Å². The van der Waals surface area contributed by atoms with Crippen LogP contribution in [0.1, 0.15) is 30.0 Å². The van der Waals surface area contributed by atoms with Gasteiger partial charge in [-0.05, 0) is 34.9 Å². The highest BCUT2D eigenvalue weighted by Crippen LogP contribution is 2.30. The number of anilines is 2. The summed E-state index contributed by atoms with van der Waals surface area (Å²) in [5.41, 5.74) is 4.04. The van der Waals surface area contributed by atoms with Crippen LogP contribution in [0.2, 0.25) is 0 Å². The molecule has 0 saturated carbocycles. The molecule has 0 aliphatic carbocycles. The van der Waals surface area contributed by atoms with E-state index in [1.807, 2.05) is 66.7 Å². The molecular weight excluding hydrogens is 446 g/mol. The van der Waals surface area contributed by atoms with Gasteiger partial charge in [0.1, 0.15) is 18.9 Å². The number of nitrogens with zero attached hydrogens (tertiary/aromatic N) is 1. The van der Waals surface area contributed by atoms with Crippen LogP contribution < -0.4 is 14.8 Å². The number of nitrogens with one attached hydrogen (secondary N) is 1. The summed E-state index contributed by atoms with van der Waals surface area (Å²) >= 11 is 0. The van der Waals surface area contributed by atoms with Crippen molar-refractivity contribution in [2.24, 2.45) is 0 Å². The molecule has 35 heavy (non-hydrogen) atoms. The van der Waals surface area contributed by atoms with E-state index in [0.29, 0.717) is 36.2 Å². The number of aromatic nitrogens is 1. The lowest BCUT2D eigenvalue weighted by atomic mass is 10.1. The molecule has 0 amide bonds. The average molecular weight is 475 g/mol. The number of benzene rings is 3. The minimum atomic E-state index is -2.70. The first-order valence-electron chi connectivity index (χ1n) is 11.6. The third-order valence-corrected chi connectivity index (χ3v) is 5.50. The summed E-state index contributed by atoms with van der Waals surface area (Å²) < 4.78 is 39.4. The first-order chi connectivity index (χ1) is 17.0. The van der Waals surface area contributed by atoms with Crippen LogP contribution in [0.4, 0.5) is 20.2 Å².